The van der Waals surface area contributed by atoms with Crippen molar-refractivity contribution in [3.8, 4) is 17.2 Å². The number of halogens is 1. The Morgan fingerprint density at radius 2 is 1.66 bits per heavy atom. The van der Waals surface area contributed by atoms with E-state index < -0.39 is 0 Å². The van der Waals surface area contributed by atoms with Crippen LogP contribution in [0.2, 0.25) is 0 Å². The maximum Gasteiger partial charge on any atom is 0.161 e. The van der Waals surface area contributed by atoms with E-state index in [1.54, 1.807) is 21.3 Å². The first kappa shape index (κ1) is 21.9. The first-order chi connectivity index (χ1) is 14.2. The SMILES string of the molecule is COc1ccc(C(CNCc2cc(OC)c(OC)cc2Br)N2CCOCC2)cc1. The standard InChI is InChI=1S/C22H29BrN2O4/c1-26-18-6-4-16(5-7-18)20(25-8-10-29-11-9-25)15-24-14-17-12-21(27-2)22(28-3)13-19(17)23/h4-7,12-13,20,24H,8-11,14-15H2,1-3H3. The van der Waals surface area contributed by atoms with Gasteiger partial charge in [-0.25, -0.2) is 0 Å². The molecule has 3 rings (SSSR count). The Kier molecular flexibility index (Phi) is 8.18. The fraction of sp³-hybridized carbons (Fsp3) is 0.455. The third-order valence-electron chi connectivity index (χ3n) is 5.19. The number of benzene rings is 2. The van der Waals surface area contributed by atoms with Crippen LogP contribution in [0.1, 0.15) is 17.2 Å². The van der Waals surface area contributed by atoms with Crippen LogP contribution in [0.5, 0.6) is 17.2 Å². The summed E-state index contributed by atoms with van der Waals surface area (Å²) < 4.78 is 22.7. The maximum atomic E-state index is 5.55. The molecule has 0 saturated carbocycles. The summed E-state index contributed by atoms with van der Waals surface area (Å²) in [5.41, 5.74) is 2.39. The quantitative estimate of drug-likeness (QED) is 0.611. The summed E-state index contributed by atoms with van der Waals surface area (Å²) in [6, 6.07) is 12.6. The van der Waals surface area contributed by atoms with E-state index in [1.165, 1.54) is 5.56 Å². The monoisotopic (exact) mass is 464 g/mol. The van der Waals surface area contributed by atoms with Crippen molar-refractivity contribution in [1.29, 1.82) is 0 Å². The van der Waals surface area contributed by atoms with Gasteiger partial charge < -0.3 is 24.3 Å². The van der Waals surface area contributed by atoms with Gasteiger partial charge in [-0.05, 0) is 35.4 Å². The lowest BCUT2D eigenvalue weighted by Gasteiger charge is -2.35. The molecule has 2 aromatic rings. The molecule has 1 aliphatic rings. The zero-order valence-electron chi connectivity index (χ0n) is 17.2. The molecule has 29 heavy (non-hydrogen) atoms. The molecule has 1 aliphatic heterocycles. The van der Waals surface area contributed by atoms with Crippen molar-refractivity contribution < 1.29 is 18.9 Å². The summed E-state index contributed by atoms with van der Waals surface area (Å²) >= 11 is 3.64. The number of hydrogen-bond donors (Lipinski definition) is 1. The van der Waals surface area contributed by atoms with Crippen LogP contribution in [0.3, 0.4) is 0 Å². The molecule has 0 amide bonds. The number of nitrogens with one attached hydrogen (secondary N) is 1. The summed E-state index contributed by atoms with van der Waals surface area (Å²) in [5.74, 6) is 2.32. The van der Waals surface area contributed by atoms with Gasteiger partial charge in [-0.2, -0.15) is 0 Å². The average molecular weight is 465 g/mol. The second-order valence-electron chi connectivity index (χ2n) is 6.87. The van der Waals surface area contributed by atoms with Crippen LogP contribution in [0.15, 0.2) is 40.9 Å². The van der Waals surface area contributed by atoms with Crippen molar-refractivity contribution in [1.82, 2.24) is 10.2 Å². The second-order valence-corrected chi connectivity index (χ2v) is 7.72. The Hall–Kier alpha value is -1.80. The van der Waals surface area contributed by atoms with Gasteiger partial charge in [0.2, 0.25) is 0 Å². The lowest BCUT2D eigenvalue weighted by molar-refractivity contribution is 0.0161. The predicted octanol–water partition coefficient (Wildman–Crippen LogP) is 3.64. The van der Waals surface area contributed by atoms with Crippen LogP contribution in [-0.2, 0) is 11.3 Å². The van der Waals surface area contributed by atoms with Crippen LogP contribution < -0.4 is 19.5 Å². The highest BCUT2D eigenvalue weighted by Gasteiger charge is 2.22. The van der Waals surface area contributed by atoms with Crippen molar-refractivity contribution in [2.45, 2.75) is 12.6 Å². The van der Waals surface area contributed by atoms with Crippen molar-refractivity contribution in [3.63, 3.8) is 0 Å². The fourth-order valence-corrected chi connectivity index (χ4v) is 4.01. The third-order valence-corrected chi connectivity index (χ3v) is 5.93. The van der Waals surface area contributed by atoms with Crippen LogP contribution in [0.25, 0.3) is 0 Å². The van der Waals surface area contributed by atoms with Gasteiger partial charge in [0.25, 0.3) is 0 Å². The molecule has 158 valence electrons. The first-order valence-electron chi connectivity index (χ1n) is 9.73. The van der Waals surface area contributed by atoms with Gasteiger partial charge in [-0.15, -0.1) is 0 Å². The van der Waals surface area contributed by atoms with E-state index >= 15 is 0 Å². The highest BCUT2D eigenvalue weighted by atomic mass is 79.9. The van der Waals surface area contributed by atoms with Crippen molar-refractivity contribution >= 4 is 15.9 Å². The Morgan fingerprint density at radius 3 is 2.28 bits per heavy atom. The van der Waals surface area contributed by atoms with Gasteiger partial charge in [0.1, 0.15) is 5.75 Å². The molecule has 7 heteroatoms. The molecule has 1 heterocycles. The van der Waals surface area contributed by atoms with E-state index in [9.17, 15) is 0 Å². The lowest BCUT2D eigenvalue weighted by Crippen LogP contribution is -2.42. The lowest BCUT2D eigenvalue weighted by atomic mass is 10.0. The summed E-state index contributed by atoms with van der Waals surface area (Å²) in [5, 5.41) is 3.62. The molecule has 1 fully saturated rings. The zero-order chi connectivity index (χ0) is 20.6. The van der Waals surface area contributed by atoms with Gasteiger partial charge >= 0.3 is 0 Å². The molecular formula is C22H29BrN2O4. The molecule has 1 unspecified atom stereocenters. The maximum absolute atomic E-state index is 5.55. The van der Waals surface area contributed by atoms with Gasteiger partial charge in [-0.1, -0.05) is 28.1 Å². The Bertz CT molecular complexity index is 779. The second kappa shape index (κ2) is 10.8. The van der Waals surface area contributed by atoms with E-state index in [4.69, 9.17) is 18.9 Å². The molecule has 0 aromatic heterocycles. The molecule has 2 aromatic carbocycles. The first-order valence-corrected chi connectivity index (χ1v) is 10.5. The van der Waals surface area contributed by atoms with Crippen molar-refractivity contribution in [2.75, 3.05) is 54.2 Å². The largest absolute Gasteiger partial charge is 0.497 e. The van der Waals surface area contributed by atoms with Crippen LogP contribution in [0.4, 0.5) is 0 Å². The summed E-state index contributed by atoms with van der Waals surface area (Å²) in [4.78, 5) is 2.47. The number of methoxy groups -OCH3 is 3. The van der Waals surface area contributed by atoms with Crippen LogP contribution in [0, 0.1) is 0 Å². The van der Waals surface area contributed by atoms with E-state index in [1.807, 2.05) is 24.3 Å². The third kappa shape index (κ3) is 5.63. The van der Waals surface area contributed by atoms with Gasteiger partial charge in [0.15, 0.2) is 11.5 Å². The van der Waals surface area contributed by atoms with E-state index in [2.05, 4.69) is 38.3 Å². The molecule has 0 spiro atoms. The number of ether oxygens (including phenoxy) is 4. The van der Waals surface area contributed by atoms with E-state index in [-0.39, 0.29) is 6.04 Å². The fourth-order valence-electron chi connectivity index (χ4n) is 3.55. The molecule has 0 radical (unpaired) electrons. The average Bonchev–Trinajstić information content (AvgIpc) is 2.78. The minimum absolute atomic E-state index is 0.267. The van der Waals surface area contributed by atoms with Gasteiger partial charge in [-0.3, -0.25) is 4.90 Å². The summed E-state index contributed by atoms with van der Waals surface area (Å²) in [7, 11) is 4.99. The Labute approximate surface area is 181 Å². The minimum Gasteiger partial charge on any atom is -0.497 e. The minimum atomic E-state index is 0.267. The van der Waals surface area contributed by atoms with Crippen LogP contribution in [-0.4, -0.2) is 59.1 Å². The van der Waals surface area contributed by atoms with E-state index in [0.29, 0.717) is 5.75 Å². The Morgan fingerprint density at radius 1 is 1.00 bits per heavy atom. The van der Waals surface area contributed by atoms with Gasteiger partial charge in [0.05, 0.1) is 34.5 Å². The number of rotatable bonds is 9. The topological polar surface area (TPSA) is 52.2 Å². The number of morpholine rings is 1. The molecule has 0 bridgehead atoms. The molecule has 1 atom stereocenters. The molecule has 1 N–H and O–H groups in total. The highest BCUT2D eigenvalue weighted by molar-refractivity contribution is 9.10. The number of nitrogens with zero attached hydrogens (tertiary/aromatic N) is 1. The van der Waals surface area contributed by atoms with Crippen LogP contribution >= 0.6 is 15.9 Å². The Balaban J connectivity index is 1.71. The predicted molar refractivity (Wildman–Crippen MR) is 117 cm³/mol. The van der Waals surface area contributed by atoms with Crippen molar-refractivity contribution in [3.05, 3.63) is 52.0 Å². The zero-order valence-corrected chi connectivity index (χ0v) is 18.8. The molecular weight excluding hydrogens is 436 g/mol. The molecule has 6 nitrogen and oxygen atoms in total. The summed E-state index contributed by atoms with van der Waals surface area (Å²) in [6.07, 6.45) is 0. The highest BCUT2D eigenvalue weighted by Crippen LogP contribution is 2.33. The molecule has 1 saturated heterocycles. The van der Waals surface area contributed by atoms with Gasteiger partial charge in [0, 0.05) is 36.7 Å². The van der Waals surface area contributed by atoms with E-state index in [0.717, 1.165) is 60.9 Å². The number of hydrogen-bond acceptors (Lipinski definition) is 6. The smallest absolute Gasteiger partial charge is 0.161 e. The van der Waals surface area contributed by atoms with Crippen molar-refractivity contribution in [2.24, 2.45) is 0 Å². The summed E-state index contributed by atoms with van der Waals surface area (Å²) in [6.45, 7) is 4.95. The normalized spacial score (nSPS) is 15.7. The molecule has 0 aliphatic carbocycles.